The number of nitrogens with one attached hydrogen (secondary N) is 1. The standard InChI is InChI=1S/C14H9N3O4/c18-12-13(16-6-5-15-12)21-10-7-17-9-4-2-1-3-8(9)11(10)14(19)20/h1-7H,(H,15,18)(H,19,20). The SMILES string of the molecule is O=C(O)c1c(Oc2ncc[nH]c2=O)cnc2ccccc12. The summed E-state index contributed by atoms with van der Waals surface area (Å²) >= 11 is 0. The van der Waals surface area contributed by atoms with Gasteiger partial charge in [0, 0.05) is 17.8 Å². The molecule has 0 fully saturated rings. The van der Waals surface area contributed by atoms with Crippen molar-refractivity contribution in [2.24, 2.45) is 0 Å². The minimum Gasteiger partial charge on any atom is -0.478 e. The number of aromatic carboxylic acids is 1. The van der Waals surface area contributed by atoms with Crippen molar-refractivity contribution < 1.29 is 14.6 Å². The van der Waals surface area contributed by atoms with E-state index in [4.69, 9.17) is 4.74 Å². The van der Waals surface area contributed by atoms with E-state index >= 15 is 0 Å². The van der Waals surface area contributed by atoms with Crippen LogP contribution in [0.25, 0.3) is 10.9 Å². The lowest BCUT2D eigenvalue weighted by Gasteiger charge is -2.09. The molecule has 3 rings (SSSR count). The Balaban J connectivity index is 2.19. The van der Waals surface area contributed by atoms with Gasteiger partial charge < -0.3 is 14.8 Å². The van der Waals surface area contributed by atoms with Crippen LogP contribution in [-0.2, 0) is 0 Å². The Hall–Kier alpha value is -3.22. The van der Waals surface area contributed by atoms with Crippen LogP contribution in [0.1, 0.15) is 10.4 Å². The zero-order valence-corrected chi connectivity index (χ0v) is 10.6. The van der Waals surface area contributed by atoms with E-state index in [0.717, 1.165) is 0 Å². The van der Waals surface area contributed by atoms with E-state index in [1.54, 1.807) is 24.3 Å². The molecule has 104 valence electrons. The molecule has 2 heterocycles. The lowest BCUT2D eigenvalue weighted by molar-refractivity contribution is 0.0696. The van der Waals surface area contributed by atoms with E-state index in [0.29, 0.717) is 10.9 Å². The number of ether oxygens (including phenoxy) is 1. The largest absolute Gasteiger partial charge is 0.478 e. The highest BCUT2D eigenvalue weighted by Crippen LogP contribution is 2.28. The highest BCUT2D eigenvalue weighted by Gasteiger charge is 2.18. The lowest BCUT2D eigenvalue weighted by atomic mass is 10.1. The Morgan fingerprint density at radius 3 is 2.81 bits per heavy atom. The number of hydrogen-bond acceptors (Lipinski definition) is 5. The van der Waals surface area contributed by atoms with Crippen LogP contribution in [0.3, 0.4) is 0 Å². The number of para-hydroxylation sites is 1. The van der Waals surface area contributed by atoms with Gasteiger partial charge in [0.15, 0.2) is 5.75 Å². The monoisotopic (exact) mass is 283 g/mol. The Morgan fingerprint density at radius 2 is 2.05 bits per heavy atom. The van der Waals surface area contributed by atoms with Gasteiger partial charge in [-0.2, -0.15) is 0 Å². The van der Waals surface area contributed by atoms with Gasteiger partial charge in [-0.1, -0.05) is 18.2 Å². The minimum atomic E-state index is -1.17. The van der Waals surface area contributed by atoms with Gasteiger partial charge in [-0.15, -0.1) is 0 Å². The Morgan fingerprint density at radius 1 is 1.24 bits per heavy atom. The third-order valence-electron chi connectivity index (χ3n) is 2.84. The van der Waals surface area contributed by atoms with Crippen LogP contribution in [0.15, 0.2) is 47.7 Å². The minimum absolute atomic E-state index is 0.0367. The summed E-state index contributed by atoms with van der Waals surface area (Å²) in [5.41, 5.74) is -0.0927. The topological polar surface area (TPSA) is 105 Å². The number of nitrogens with zero attached hydrogens (tertiary/aromatic N) is 2. The summed E-state index contributed by atoms with van der Waals surface area (Å²) in [7, 11) is 0. The average Bonchev–Trinajstić information content (AvgIpc) is 2.49. The second kappa shape index (κ2) is 5.04. The molecule has 0 aliphatic heterocycles. The van der Waals surface area contributed by atoms with E-state index in [9.17, 15) is 14.7 Å². The maximum Gasteiger partial charge on any atom is 0.340 e. The molecule has 0 amide bonds. The first-order valence-electron chi connectivity index (χ1n) is 5.99. The Bertz CT molecular complexity index is 889. The number of H-pyrrole nitrogens is 1. The fourth-order valence-electron chi connectivity index (χ4n) is 1.94. The van der Waals surface area contributed by atoms with E-state index in [1.807, 2.05) is 0 Å². The molecule has 7 heteroatoms. The zero-order valence-electron chi connectivity index (χ0n) is 10.6. The van der Waals surface area contributed by atoms with E-state index in [-0.39, 0.29) is 17.2 Å². The molecule has 2 N–H and O–H groups in total. The van der Waals surface area contributed by atoms with Gasteiger partial charge in [0.1, 0.15) is 5.56 Å². The van der Waals surface area contributed by atoms with Crippen molar-refractivity contribution in [1.82, 2.24) is 15.0 Å². The average molecular weight is 283 g/mol. The van der Waals surface area contributed by atoms with Gasteiger partial charge in [-0.25, -0.2) is 9.78 Å². The molecule has 3 aromatic rings. The summed E-state index contributed by atoms with van der Waals surface area (Å²) in [4.78, 5) is 33.3. The number of pyridine rings is 1. The van der Waals surface area contributed by atoms with Crippen molar-refractivity contribution in [3.63, 3.8) is 0 Å². The summed E-state index contributed by atoms with van der Waals surface area (Å²) in [5.74, 6) is -1.45. The number of carbonyl (C=O) groups is 1. The van der Waals surface area contributed by atoms with E-state index in [2.05, 4.69) is 15.0 Å². The van der Waals surface area contributed by atoms with Crippen LogP contribution in [0, 0.1) is 0 Å². The molecule has 0 spiro atoms. The predicted molar refractivity (Wildman–Crippen MR) is 73.6 cm³/mol. The van der Waals surface area contributed by atoms with Crippen LogP contribution in [0.5, 0.6) is 11.6 Å². The quantitative estimate of drug-likeness (QED) is 0.759. The fraction of sp³-hybridized carbons (Fsp3) is 0. The van der Waals surface area contributed by atoms with Crippen molar-refractivity contribution in [1.29, 1.82) is 0 Å². The van der Waals surface area contributed by atoms with Crippen LogP contribution in [0.2, 0.25) is 0 Å². The van der Waals surface area contributed by atoms with Crippen molar-refractivity contribution in [3.05, 3.63) is 58.8 Å². The highest BCUT2D eigenvalue weighted by molar-refractivity contribution is 6.04. The molecule has 21 heavy (non-hydrogen) atoms. The number of fused-ring (bicyclic) bond motifs is 1. The van der Waals surface area contributed by atoms with E-state index < -0.39 is 11.5 Å². The molecule has 0 saturated heterocycles. The third kappa shape index (κ3) is 2.32. The maximum absolute atomic E-state index is 11.6. The van der Waals surface area contributed by atoms with Gasteiger partial charge in [0.2, 0.25) is 0 Å². The molecule has 0 atom stereocenters. The molecule has 0 unspecified atom stereocenters. The summed E-state index contributed by atoms with van der Waals surface area (Å²) in [5, 5.41) is 9.82. The van der Waals surface area contributed by atoms with Crippen LogP contribution < -0.4 is 10.3 Å². The summed E-state index contributed by atoms with van der Waals surface area (Å²) < 4.78 is 5.31. The van der Waals surface area contributed by atoms with Crippen molar-refractivity contribution >= 4 is 16.9 Å². The van der Waals surface area contributed by atoms with Crippen molar-refractivity contribution in [2.45, 2.75) is 0 Å². The Labute approximate surface area is 117 Å². The number of rotatable bonds is 3. The molecule has 0 bridgehead atoms. The summed E-state index contributed by atoms with van der Waals surface area (Å²) in [6, 6.07) is 6.78. The fourth-order valence-corrected chi connectivity index (χ4v) is 1.94. The molecular formula is C14H9N3O4. The van der Waals surface area contributed by atoms with Gasteiger partial charge >= 0.3 is 11.5 Å². The maximum atomic E-state index is 11.6. The molecule has 0 aliphatic carbocycles. The van der Waals surface area contributed by atoms with E-state index in [1.165, 1.54) is 18.6 Å². The Kier molecular flexibility index (Phi) is 3.07. The molecule has 0 saturated carbocycles. The van der Waals surface area contributed by atoms with Gasteiger partial charge in [0.25, 0.3) is 5.88 Å². The summed E-state index contributed by atoms with van der Waals surface area (Å²) in [6.45, 7) is 0. The first-order chi connectivity index (χ1) is 10.2. The first-order valence-corrected chi connectivity index (χ1v) is 5.99. The highest BCUT2D eigenvalue weighted by atomic mass is 16.5. The third-order valence-corrected chi connectivity index (χ3v) is 2.84. The molecule has 7 nitrogen and oxygen atoms in total. The zero-order chi connectivity index (χ0) is 14.8. The lowest BCUT2D eigenvalue weighted by Crippen LogP contribution is -2.11. The predicted octanol–water partition coefficient (Wildman–Crippen LogP) is 1.81. The number of hydrogen-bond donors (Lipinski definition) is 2. The van der Waals surface area contributed by atoms with Crippen LogP contribution in [0.4, 0.5) is 0 Å². The number of carboxylic acids is 1. The van der Waals surface area contributed by atoms with Crippen molar-refractivity contribution in [3.8, 4) is 11.6 Å². The molecule has 0 radical (unpaired) electrons. The number of carboxylic acid groups (broad SMARTS) is 1. The second-order valence-corrected chi connectivity index (χ2v) is 4.15. The number of benzene rings is 1. The van der Waals surface area contributed by atoms with Crippen molar-refractivity contribution in [2.75, 3.05) is 0 Å². The first kappa shape index (κ1) is 12.8. The normalized spacial score (nSPS) is 10.5. The number of aromatic nitrogens is 3. The molecule has 1 aromatic carbocycles. The van der Waals surface area contributed by atoms with Crippen LogP contribution in [-0.4, -0.2) is 26.0 Å². The van der Waals surface area contributed by atoms with Gasteiger partial charge in [0.05, 0.1) is 11.7 Å². The van der Waals surface area contributed by atoms with Gasteiger partial charge in [-0.3, -0.25) is 9.78 Å². The molecule has 0 aliphatic rings. The number of aromatic amines is 1. The summed E-state index contributed by atoms with van der Waals surface area (Å²) in [6.07, 6.45) is 3.96. The smallest absolute Gasteiger partial charge is 0.340 e. The second-order valence-electron chi connectivity index (χ2n) is 4.15. The molecule has 2 aromatic heterocycles. The van der Waals surface area contributed by atoms with Gasteiger partial charge in [-0.05, 0) is 6.07 Å². The molecular weight excluding hydrogens is 274 g/mol. The van der Waals surface area contributed by atoms with Crippen LogP contribution >= 0.6 is 0 Å².